The first kappa shape index (κ1) is 21.3. The van der Waals surface area contributed by atoms with Crippen LogP contribution in [0.25, 0.3) is 0 Å². The van der Waals surface area contributed by atoms with Gasteiger partial charge in [0.15, 0.2) is 5.96 Å². The molecule has 0 bridgehead atoms. The SMILES string of the molecule is CCNC(=NCC(c1cccs1)N1CCOC(C)C1)N(C)CCc1cccs1. The van der Waals surface area contributed by atoms with E-state index in [1.807, 2.05) is 22.7 Å². The highest BCUT2D eigenvalue weighted by Crippen LogP contribution is 2.27. The number of nitrogens with zero attached hydrogens (tertiary/aromatic N) is 3. The summed E-state index contributed by atoms with van der Waals surface area (Å²) in [6, 6.07) is 9.01. The lowest BCUT2D eigenvalue weighted by Crippen LogP contribution is -2.44. The molecule has 5 nitrogen and oxygen atoms in total. The zero-order valence-corrected chi connectivity index (χ0v) is 18.8. The monoisotopic (exact) mass is 420 g/mol. The normalized spacial score (nSPS) is 19.5. The summed E-state index contributed by atoms with van der Waals surface area (Å²) in [6.07, 6.45) is 1.33. The standard InChI is InChI=1S/C21H32N4OS2/c1-4-22-21(24(3)10-9-18-7-5-13-27-18)23-15-19(20-8-6-14-28-20)25-11-12-26-17(2)16-25/h5-8,13-14,17,19H,4,9-12,15-16H2,1-3H3,(H,22,23). The van der Waals surface area contributed by atoms with Crippen molar-refractivity contribution >= 4 is 28.6 Å². The van der Waals surface area contributed by atoms with E-state index in [-0.39, 0.29) is 6.10 Å². The van der Waals surface area contributed by atoms with Crippen molar-refractivity contribution in [3.05, 3.63) is 44.8 Å². The second-order valence-corrected chi connectivity index (χ2v) is 9.16. The number of hydrogen-bond acceptors (Lipinski definition) is 5. The van der Waals surface area contributed by atoms with Crippen LogP contribution in [-0.4, -0.2) is 68.2 Å². The maximum absolute atomic E-state index is 5.75. The highest BCUT2D eigenvalue weighted by atomic mass is 32.1. The van der Waals surface area contributed by atoms with Gasteiger partial charge >= 0.3 is 0 Å². The van der Waals surface area contributed by atoms with Crippen LogP contribution in [0.15, 0.2) is 40.0 Å². The van der Waals surface area contributed by atoms with Crippen LogP contribution >= 0.6 is 22.7 Å². The van der Waals surface area contributed by atoms with Gasteiger partial charge < -0.3 is 15.0 Å². The summed E-state index contributed by atoms with van der Waals surface area (Å²) in [7, 11) is 2.13. The van der Waals surface area contributed by atoms with Gasteiger partial charge in [-0.2, -0.15) is 0 Å². The fraction of sp³-hybridized carbons (Fsp3) is 0.571. The number of nitrogens with one attached hydrogen (secondary N) is 1. The largest absolute Gasteiger partial charge is 0.376 e. The summed E-state index contributed by atoms with van der Waals surface area (Å²) in [5, 5.41) is 7.77. The summed E-state index contributed by atoms with van der Waals surface area (Å²) < 4.78 is 5.75. The number of rotatable bonds is 8. The Morgan fingerprint density at radius 2 is 2.18 bits per heavy atom. The van der Waals surface area contributed by atoms with E-state index >= 15 is 0 Å². The number of aliphatic imine (C=N–C) groups is 1. The average Bonchev–Trinajstić information content (AvgIpc) is 3.40. The van der Waals surface area contributed by atoms with Gasteiger partial charge in [0.05, 0.1) is 25.3 Å². The van der Waals surface area contributed by atoms with Crippen LogP contribution in [0.4, 0.5) is 0 Å². The van der Waals surface area contributed by atoms with Gasteiger partial charge in [-0.1, -0.05) is 12.1 Å². The van der Waals surface area contributed by atoms with E-state index in [1.54, 1.807) is 0 Å². The molecule has 1 aliphatic rings. The second kappa shape index (κ2) is 11.0. The molecule has 154 valence electrons. The Balaban J connectivity index is 1.68. The minimum absolute atomic E-state index is 0.280. The predicted molar refractivity (Wildman–Crippen MR) is 121 cm³/mol. The van der Waals surface area contributed by atoms with E-state index in [1.165, 1.54) is 9.75 Å². The molecule has 0 saturated carbocycles. The minimum Gasteiger partial charge on any atom is -0.376 e. The summed E-state index contributed by atoms with van der Waals surface area (Å²) in [5.74, 6) is 0.988. The number of guanidine groups is 1. The molecule has 2 aromatic rings. The molecule has 3 heterocycles. The van der Waals surface area contributed by atoms with Crippen LogP contribution in [0.2, 0.25) is 0 Å². The van der Waals surface area contributed by atoms with Gasteiger partial charge in [0.25, 0.3) is 0 Å². The molecule has 0 aromatic carbocycles. The Labute approximate surface area is 177 Å². The lowest BCUT2D eigenvalue weighted by atomic mass is 10.1. The number of likely N-dealkylation sites (N-methyl/N-ethyl adjacent to an activating group) is 1. The number of morpholine rings is 1. The van der Waals surface area contributed by atoms with Crippen molar-refractivity contribution in [2.75, 3.05) is 46.4 Å². The molecular formula is C21H32N4OS2. The van der Waals surface area contributed by atoms with Gasteiger partial charge in [-0.15, -0.1) is 22.7 Å². The fourth-order valence-corrected chi connectivity index (χ4v) is 5.03. The van der Waals surface area contributed by atoms with Crippen molar-refractivity contribution in [1.82, 2.24) is 15.1 Å². The van der Waals surface area contributed by atoms with Crippen molar-refractivity contribution in [2.45, 2.75) is 32.4 Å². The third kappa shape index (κ3) is 6.04. The Kier molecular flexibility index (Phi) is 8.33. The van der Waals surface area contributed by atoms with Crippen LogP contribution in [0, 0.1) is 0 Å². The van der Waals surface area contributed by atoms with E-state index < -0.39 is 0 Å². The predicted octanol–water partition coefficient (Wildman–Crippen LogP) is 3.71. The van der Waals surface area contributed by atoms with Crippen molar-refractivity contribution in [2.24, 2.45) is 4.99 Å². The van der Waals surface area contributed by atoms with E-state index in [9.17, 15) is 0 Å². The molecule has 1 N–H and O–H groups in total. The van der Waals surface area contributed by atoms with Crippen molar-refractivity contribution in [3.8, 4) is 0 Å². The van der Waals surface area contributed by atoms with E-state index in [0.29, 0.717) is 6.04 Å². The highest BCUT2D eigenvalue weighted by molar-refractivity contribution is 7.10. The van der Waals surface area contributed by atoms with E-state index in [0.717, 1.165) is 51.7 Å². The lowest BCUT2D eigenvalue weighted by Gasteiger charge is -2.36. The van der Waals surface area contributed by atoms with Crippen molar-refractivity contribution in [1.29, 1.82) is 0 Å². The van der Waals surface area contributed by atoms with Crippen LogP contribution in [0.5, 0.6) is 0 Å². The maximum Gasteiger partial charge on any atom is 0.193 e. The quantitative estimate of drug-likeness (QED) is 0.522. The molecule has 0 radical (unpaired) electrons. The third-order valence-corrected chi connectivity index (χ3v) is 6.88. The molecular weight excluding hydrogens is 388 g/mol. The summed E-state index contributed by atoms with van der Waals surface area (Å²) in [6.45, 7) is 9.61. The third-order valence-electron chi connectivity index (χ3n) is 4.97. The summed E-state index contributed by atoms with van der Waals surface area (Å²) >= 11 is 3.64. The maximum atomic E-state index is 5.75. The molecule has 1 saturated heterocycles. The number of ether oxygens (including phenoxy) is 1. The summed E-state index contributed by atoms with van der Waals surface area (Å²) in [4.78, 5) is 12.6. The van der Waals surface area contributed by atoms with Gasteiger partial charge in [0.1, 0.15) is 0 Å². The minimum atomic E-state index is 0.280. The van der Waals surface area contributed by atoms with Crippen LogP contribution in [0.3, 0.4) is 0 Å². The van der Waals surface area contributed by atoms with Gasteiger partial charge in [-0.25, -0.2) is 0 Å². The topological polar surface area (TPSA) is 40.1 Å². The summed E-state index contributed by atoms with van der Waals surface area (Å²) in [5.41, 5.74) is 0. The molecule has 0 amide bonds. The first-order valence-corrected chi connectivity index (χ1v) is 11.8. The van der Waals surface area contributed by atoms with E-state index in [4.69, 9.17) is 9.73 Å². The Morgan fingerprint density at radius 3 is 2.86 bits per heavy atom. The Morgan fingerprint density at radius 1 is 1.36 bits per heavy atom. The highest BCUT2D eigenvalue weighted by Gasteiger charge is 2.26. The molecule has 0 aliphatic carbocycles. The Hall–Kier alpha value is -1.41. The van der Waals surface area contributed by atoms with Crippen LogP contribution in [-0.2, 0) is 11.2 Å². The number of hydrogen-bond donors (Lipinski definition) is 1. The second-order valence-electron chi connectivity index (χ2n) is 7.15. The van der Waals surface area contributed by atoms with Gasteiger partial charge in [0.2, 0.25) is 0 Å². The van der Waals surface area contributed by atoms with Crippen molar-refractivity contribution in [3.63, 3.8) is 0 Å². The zero-order valence-electron chi connectivity index (χ0n) is 17.1. The molecule has 1 fully saturated rings. The first-order valence-electron chi connectivity index (χ1n) is 10.1. The van der Waals surface area contributed by atoms with Crippen LogP contribution in [0.1, 0.15) is 29.6 Å². The van der Waals surface area contributed by atoms with Crippen molar-refractivity contribution < 1.29 is 4.74 Å². The zero-order chi connectivity index (χ0) is 19.8. The first-order chi connectivity index (χ1) is 13.7. The smallest absolute Gasteiger partial charge is 0.193 e. The molecule has 28 heavy (non-hydrogen) atoms. The fourth-order valence-electron chi connectivity index (χ4n) is 3.48. The van der Waals surface area contributed by atoms with Gasteiger partial charge in [-0.3, -0.25) is 9.89 Å². The number of thiophene rings is 2. The molecule has 2 atom stereocenters. The van der Waals surface area contributed by atoms with E-state index in [2.05, 4.69) is 71.0 Å². The molecule has 7 heteroatoms. The molecule has 1 aliphatic heterocycles. The molecule has 3 rings (SSSR count). The molecule has 2 unspecified atom stereocenters. The average molecular weight is 421 g/mol. The van der Waals surface area contributed by atoms with Gasteiger partial charge in [-0.05, 0) is 43.2 Å². The lowest BCUT2D eigenvalue weighted by molar-refractivity contribution is -0.0327. The van der Waals surface area contributed by atoms with Gasteiger partial charge in [0, 0.05) is 43.0 Å². The Bertz CT molecular complexity index is 702. The van der Waals surface area contributed by atoms with Crippen LogP contribution < -0.4 is 5.32 Å². The molecule has 2 aromatic heterocycles. The molecule has 0 spiro atoms.